The van der Waals surface area contributed by atoms with Gasteiger partial charge in [-0.2, -0.15) is 0 Å². The van der Waals surface area contributed by atoms with Crippen LogP contribution < -0.4 is 10.6 Å². The first-order chi connectivity index (χ1) is 9.02. The fourth-order valence-corrected chi connectivity index (χ4v) is 2.63. The van der Waals surface area contributed by atoms with Crippen molar-refractivity contribution in [3.05, 3.63) is 31.7 Å². The fraction of sp³-hybridized carbons (Fsp3) is 0.100. The lowest BCUT2D eigenvalue weighted by Gasteiger charge is -2.07. The van der Waals surface area contributed by atoms with E-state index in [1.54, 1.807) is 19.2 Å². The molecule has 0 aliphatic heterocycles. The van der Waals surface area contributed by atoms with Crippen molar-refractivity contribution >= 4 is 67.2 Å². The van der Waals surface area contributed by atoms with Gasteiger partial charge in [0, 0.05) is 11.5 Å². The topological polar surface area (TPSA) is 66.9 Å². The molecule has 1 amide bonds. The van der Waals surface area contributed by atoms with Crippen molar-refractivity contribution in [3.63, 3.8) is 0 Å². The third-order valence-electron chi connectivity index (χ3n) is 2.12. The highest BCUT2D eigenvalue weighted by atomic mass is 79.9. The summed E-state index contributed by atoms with van der Waals surface area (Å²) < 4.78 is 0.658. The zero-order valence-electron chi connectivity index (χ0n) is 9.50. The van der Waals surface area contributed by atoms with Crippen LogP contribution in [0.4, 0.5) is 10.8 Å². The molecular weight excluding hydrogens is 375 g/mol. The van der Waals surface area contributed by atoms with Crippen LogP contribution in [-0.2, 0) is 0 Å². The van der Waals surface area contributed by atoms with Crippen molar-refractivity contribution in [1.82, 2.24) is 10.2 Å². The molecule has 0 fully saturated rings. The van der Waals surface area contributed by atoms with E-state index in [4.69, 9.17) is 23.2 Å². The molecule has 0 spiro atoms. The van der Waals surface area contributed by atoms with E-state index in [2.05, 4.69) is 36.8 Å². The molecule has 0 aliphatic rings. The normalized spacial score (nSPS) is 10.3. The van der Waals surface area contributed by atoms with Crippen molar-refractivity contribution in [2.24, 2.45) is 0 Å². The Morgan fingerprint density at radius 2 is 2.05 bits per heavy atom. The molecule has 2 rings (SSSR count). The lowest BCUT2D eigenvalue weighted by molar-refractivity contribution is 0.102. The van der Waals surface area contributed by atoms with Gasteiger partial charge >= 0.3 is 0 Å². The summed E-state index contributed by atoms with van der Waals surface area (Å²) in [6.45, 7) is 0. The second-order valence-electron chi connectivity index (χ2n) is 3.34. The molecular formula is C10H7BrCl2N4OS. The van der Waals surface area contributed by atoms with Gasteiger partial charge in [-0.25, -0.2) is 0 Å². The number of rotatable bonds is 3. The Hall–Kier alpha value is -0.890. The first kappa shape index (κ1) is 14.5. The number of carbonyl (C=O) groups is 1. The van der Waals surface area contributed by atoms with E-state index in [1.165, 1.54) is 0 Å². The summed E-state index contributed by atoms with van der Waals surface area (Å²) in [7, 11) is 1.70. The van der Waals surface area contributed by atoms with Gasteiger partial charge in [-0.3, -0.25) is 4.79 Å². The number of anilines is 2. The Balaban J connectivity index is 2.21. The van der Waals surface area contributed by atoms with Crippen molar-refractivity contribution in [2.75, 3.05) is 17.7 Å². The van der Waals surface area contributed by atoms with Crippen molar-refractivity contribution < 1.29 is 4.79 Å². The maximum Gasteiger partial charge on any atom is 0.286 e. The summed E-state index contributed by atoms with van der Waals surface area (Å²) in [5.41, 5.74) is 0.418. The standard InChI is InChI=1S/C10H7BrCl2N4OS/c1-14-10-17-16-9(19-10)8(18)15-5-3-2-4(11)6(12)7(5)13/h2-3H,1H3,(H,14,17)(H,15,18). The molecule has 1 aromatic carbocycles. The van der Waals surface area contributed by atoms with Crippen LogP contribution in [0.3, 0.4) is 0 Å². The van der Waals surface area contributed by atoms with Gasteiger partial charge < -0.3 is 10.6 Å². The SMILES string of the molecule is CNc1nnc(C(=O)Nc2ccc(Br)c(Cl)c2Cl)s1. The first-order valence-corrected chi connectivity index (χ1v) is 7.35. The molecule has 9 heteroatoms. The van der Waals surface area contributed by atoms with Gasteiger partial charge in [0.05, 0.1) is 15.7 Å². The average Bonchev–Trinajstić information content (AvgIpc) is 2.88. The van der Waals surface area contributed by atoms with Gasteiger partial charge in [0.1, 0.15) is 0 Å². The molecule has 0 aliphatic carbocycles. The van der Waals surface area contributed by atoms with Crippen LogP contribution in [0.15, 0.2) is 16.6 Å². The van der Waals surface area contributed by atoms with E-state index in [1.807, 2.05) is 0 Å². The van der Waals surface area contributed by atoms with Crippen molar-refractivity contribution in [1.29, 1.82) is 0 Å². The predicted octanol–water partition coefficient (Wildman–Crippen LogP) is 3.90. The summed E-state index contributed by atoms with van der Waals surface area (Å²) in [5.74, 6) is -0.390. The number of hydrogen-bond donors (Lipinski definition) is 2. The number of halogens is 3. The minimum absolute atomic E-state index is 0.236. The van der Waals surface area contributed by atoms with E-state index in [9.17, 15) is 4.79 Å². The summed E-state index contributed by atoms with van der Waals surface area (Å²) in [5, 5.41) is 14.4. The molecule has 0 radical (unpaired) electrons. The van der Waals surface area contributed by atoms with E-state index >= 15 is 0 Å². The van der Waals surface area contributed by atoms with Crippen LogP contribution in [0.1, 0.15) is 9.80 Å². The Morgan fingerprint density at radius 3 is 2.68 bits per heavy atom. The smallest absolute Gasteiger partial charge is 0.286 e. The number of benzene rings is 1. The summed E-state index contributed by atoms with van der Waals surface area (Å²) in [6.07, 6.45) is 0. The molecule has 0 saturated carbocycles. The maximum atomic E-state index is 11.9. The first-order valence-electron chi connectivity index (χ1n) is 4.99. The van der Waals surface area contributed by atoms with Crippen molar-refractivity contribution in [2.45, 2.75) is 0 Å². The molecule has 0 unspecified atom stereocenters. The van der Waals surface area contributed by atoms with Gasteiger partial charge in [-0.1, -0.05) is 34.5 Å². The number of nitrogens with one attached hydrogen (secondary N) is 2. The molecule has 2 aromatic rings. The molecule has 5 nitrogen and oxygen atoms in total. The van der Waals surface area contributed by atoms with Gasteiger partial charge in [0.2, 0.25) is 10.1 Å². The third-order valence-corrected chi connectivity index (χ3v) is 4.83. The van der Waals surface area contributed by atoms with Gasteiger partial charge in [-0.15, -0.1) is 10.2 Å². The average molecular weight is 382 g/mol. The number of nitrogens with zero attached hydrogens (tertiary/aromatic N) is 2. The van der Waals surface area contributed by atoms with Gasteiger partial charge in [0.25, 0.3) is 5.91 Å². The largest absolute Gasteiger partial charge is 0.363 e. The summed E-state index contributed by atoms with van der Waals surface area (Å²) in [6, 6.07) is 3.35. The van der Waals surface area contributed by atoms with Crippen LogP contribution in [-0.4, -0.2) is 23.2 Å². The lowest BCUT2D eigenvalue weighted by atomic mass is 10.3. The van der Waals surface area contributed by atoms with Crippen LogP contribution in [0.5, 0.6) is 0 Å². The molecule has 1 heterocycles. The fourth-order valence-electron chi connectivity index (χ4n) is 1.21. The van der Waals surface area contributed by atoms with Crippen LogP contribution in [0.25, 0.3) is 0 Å². The summed E-state index contributed by atoms with van der Waals surface area (Å²) >= 11 is 16.4. The van der Waals surface area contributed by atoms with Gasteiger partial charge in [-0.05, 0) is 28.1 Å². The van der Waals surface area contributed by atoms with E-state index in [-0.39, 0.29) is 15.9 Å². The Labute approximate surface area is 131 Å². The van der Waals surface area contributed by atoms with Gasteiger partial charge in [0.15, 0.2) is 0 Å². The Bertz CT molecular complexity index is 634. The molecule has 1 aromatic heterocycles. The van der Waals surface area contributed by atoms with E-state index in [0.717, 1.165) is 11.3 Å². The molecule has 0 saturated heterocycles. The minimum Gasteiger partial charge on any atom is -0.363 e. The second kappa shape index (κ2) is 6.04. The predicted molar refractivity (Wildman–Crippen MR) is 81.6 cm³/mol. The monoisotopic (exact) mass is 380 g/mol. The quantitative estimate of drug-likeness (QED) is 0.791. The zero-order valence-corrected chi connectivity index (χ0v) is 13.4. The van der Waals surface area contributed by atoms with E-state index < -0.39 is 0 Å². The van der Waals surface area contributed by atoms with Crippen LogP contribution in [0, 0.1) is 0 Å². The summed E-state index contributed by atoms with van der Waals surface area (Å²) in [4.78, 5) is 11.9. The van der Waals surface area contributed by atoms with Crippen LogP contribution in [0.2, 0.25) is 10.0 Å². The minimum atomic E-state index is -0.390. The molecule has 2 N–H and O–H groups in total. The Kier molecular flexibility index (Phi) is 4.62. The molecule has 19 heavy (non-hydrogen) atoms. The number of amides is 1. The molecule has 100 valence electrons. The highest BCUT2D eigenvalue weighted by Gasteiger charge is 2.15. The van der Waals surface area contributed by atoms with Crippen LogP contribution >= 0.6 is 50.5 Å². The second-order valence-corrected chi connectivity index (χ2v) is 5.93. The number of carbonyl (C=O) groups excluding carboxylic acids is 1. The lowest BCUT2D eigenvalue weighted by Crippen LogP contribution is -2.12. The molecule has 0 atom stereocenters. The maximum absolute atomic E-state index is 11.9. The Morgan fingerprint density at radius 1 is 1.32 bits per heavy atom. The van der Waals surface area contributed by atoms with E-state index in [0.29, 0.717) is 20.3 Å². The highest BCUT2D eigenvalue weighted by molar-refractivity contribution is 9.10. The highest BCUT2D eigenvalue weighted by Crippen LogP contribution is 2.36. The number of hydrogen-bond acceptors (Lipinski definition) is 5. The molecule has 0 bridgehead atoms. The third kappa shape index (κ3) is 3.17. The number of aromatic nitrogens is 2. The zero-order chi connectivity index (χ0) is 14.0. The van der Waals surface area contributed by atoms with Crippen molar-refractivity contribution in [3.8, 4) is 0 Å².